The zero-order chi connectivity index (χ0) is 28.5. The molecular formula is C32H46N4O4. The molecule has 2 aromatic rings. The van der Waals surface area contributed by atoms with Gasteiger partial charge in [0.1, 0.15) is 11.5 Å². The Kier molecular flexibility index (Phi) is 18.2. The van der Waals surface area contributed by atoms with Crippen LogP contribution in [0, 0.1) is 0 Å². The van der Waals surface area contributed by atoms with E-state index in [1.165, 1.54) is 51.4 Å². The molecule has 0 bridgehead atoms. The van der Waals surface area contributed by atoms with E-state index in [1.807, 2.05) is 48.5 Å². The maximum atomic E-state index is 11.0. The molecule has 8 nitrogen and oxygen atoms in total. The highest BCUT2D eigenvalue weighted by Crippen LogP contribution is 2.23. The van der Waals surface area contributed by atoms with Crippen LogP contribution in [0.1, 0.15) is 96.8 Å². The Morgan fingerprint density at radius 1 is 0.650 bits per heavy atom. The maximum absolute atomic E-state index is 11.0. The van der Waals surface area contributed by atoms with Gasteiger partial charge in [-0.05, 0) is 67.8 Å². The Bertz CT molecular complexity index is 1000. The van der Waals surface area contributed by atoms with Crippen LogP contribution in [-0.4, -0.2) is 36.8 Å². The number of carbonyl (C=O) groups is 1. The molecule has 0 fully saturated rings. The Morgan fingerprint density at radius 3 is 1.48 bits per heavy atom. The average Bonchev–Trinajstić information content (AvgIpc) is 2.97. The van der Waals surface area contributed by atoms with Crippen LogP contribution in [-0.2, 0) is 9.53 Å². The van der Waals surface area contributed by atoms with Crippen LogP contribution in [0.4, 0.5) is 11.4 Å². The molecule has 0 spiro atoms. The zero-order valence-corrected chi connectivity index (χ0v) is 24.1. The molecule has 0 atom stereocenters. The van der Waals surface area contributed by atoms with E-state index < -0.39 is 5.97 Å². The topological polar surface area (TPSA) is 106 Å². The van der Waals surface area contributed by atoms with Crippen LogP contribution in [0.25, 0.3) is 5.53 Å². The average molecular weight is 551 g/mol. The molecule has 0 amide bonds. The molecule has 40 heavy (non-hydrogen) atoms. The van der Waals surface area contributed by atoms with Crippen molar-refractivity contribution in [2.45, 2.75) is 96.8 Å². The van der Waals surface area contributed by atoms with Crippen molar-refractivity contribution < 1.29 is 23.8 Å². The fraction of sp³-hybridized carbons (Fsp3) is 0.562. The summed E-state index contributed by atoms with van der Waals surface area (Å²) in [5.41, 5.74) is 9.81. The van der Waals surface area contributed by atoms with Crippen LogP contribution < -0.4 is 9.47 Å². The van der Waals surface area contributed by atoms with Gasteiger partial charge in [-0.1, -0.05) is 77.6 Å². The van der Waals surface area contributed by atoms with Gasteiger partial charge in [0.15, 0.2) is 0 Å². The minimum absolute atomic E-state index is 0.370. The summed E-state index contributed by atoms with van der Waals surface area (Å²) in [6, 6.07) is 15.4. The lowest BCUT2D eigenvalue weighted by Gasteiger charge is -2.07. The molecule has 0 N–H and O–H groups in total. The van der Waals surface area contributed by atoms with Gasteiger partial charge in [0.05, 0.1) is 31.2 Å². The first-order valence-corrected chi connectivity index (χ1v) is 14.9. The third-order valence-electron chi connectivity index (χ3n) is 6.44. The van der Waals surface area contributed by atoms with Crippen LogP contribution in [0.15, 0.2) is 58.8 Å². The second kappa shape index (κ2) is 22.3. The van der Waals surface area contributed by atoms with Crippen molar-refractivity contribution in [1.82, 2.24) is 0 Å². The van der Waals surface area contributed by atoms with E-state index in [9.17, 15) is 4.79 Å². The first-order valence-electron chi connectivity index (χ1n) is 14.9. The van der Waals surface area contributed by atoms with Gasteiger partial charge < -0.3 is 19.7 Å². The van der Waals surface area contributed by atoms with E-state index in [4.69, 9.17) is 19.7 Å². The zero-order valence-electron chi connectivity index (χ0n) is 24.1. The monoisotopic (exact) mass is 550 g/mol. The highest BCUT2D eigenvalue weighted by molar-refractivity contribution is 6.20. The highest BCUT2D eigenvalue weighted by Gasteiger charge is 2.02. The molecule has 0 aliphatic heterocycles. The lowest BCUT2D eigenvalue weighted by atomic mass is 10.1. The van der Waals surface area contributed by atoms with Gasteiger partial charge in [-0.3, -0.25) is 0 Å². The standard InChI is InChI=1S/C32H46N4O4/c1-2-3-4-5-10-13-24-38-30-20-16-28(17-21-30)35-36-29-18-22-31(23-19-29)39-25-14-11-8-6-7-9-12-15-26-40-32(37)27-34-33/h16-23,27H,2-15,24-26H2,1H3. The summed E-state index contributed by atoms with van der Waals surface area (Å²) in [6.07, 6.45) is 17.1. The molecule has 0 saturated heterocycles. The van der Waals surface area contributed by atoms with Crippen LogP contribution in [0.2, 0.25) is 0 Å². The summed E-state index contributed by atoms with van der Waals surface area (Å²) in [4.78, 5) is 13.6. The van der Waals surface area contributed by atoms with Crippen molar-refractivity contribution in [3.8, 4) is 11.5 Å². The summed E-state index contributed by atoms with van der Waals surface area (Å²) in [7, 11) is 0. The fourth-order valence-electron chi connectivity index (χ4n) is 4.12. The number of esters is 1. The van der Waals surface area contributed by atoms with Gasteiger partial charge >= 0.3 is 12.2 Å². The Morgan fingerprint density at radius 2 is 1.05 bits per heavy atom. The lowest BCUT2D eigenvalue weighted by Crippen LogP contribution is -2.07. The molecule has 0 saturated carbocycles. The molecule has 8 heteroatoms. The van der Waals surface area contributed by atoms with Gasteiger partial charge in [0.2, 0.25) is 0 Å². The second-order valence-corrected chi connectivity index (χ2v) is 9.89. The number of azo groups is 1. The van der Waals surface area contributed by atoms with Crippen molar-refractivity contribution in [2.24, 2.45) is 10.2 Å². The van der Waals surface area contributed by atoms with Crippen molar-refractivity contribution >= 4 is 23.6 Å². The SMILES string of the molecule is CCCCCCCCOc1ccc(N=Nc2ccc(OCCCCCCCCCCOC(=O)C=[N+]=[N-])cc2)cc1. The van der Waals surface area contributed by atoms with Crippen LogP contribution >= 0.6 is 0 Å². The van der Waals surface area contributed by atoms with Gasteiger partial charge in [-0.25, -0.2) is 4.79 Å². The van der Waals surface area contributed by atoms with Gasteiger partial charge in [-0.15, -0.1) is 0 Å². The smallest absolute Gasteiger partial charge is 0.413 e. The molecule has 0 heterocycles. The Hall–Kier alpha value is -3.51. The van der Waals surface area contributed by atoms with E-state index in [1.54, 1.807) is 0 Å². The molecule has 0 aromatic heterocycles. The van der Waals surface area contributed by atoms with E-state index in [-0.39, 0.29) is 0 Å². The normalized spacial score (nSPS) is 10.8. The Balaban J connectivity index is 1.50. The van der Waals surface area contributed by atoms with Gasteiger partial charge in [0.25, 0.3) is 0 Å². The number of unbranched alkanes of at least 4 members (excludes halogenated alkanes) is 12. The third-order valence-corrected chi connectivity index (χ3v) is 6.44. The number of ether oxygens (including phenoxy) is 3. The molecule has 2 aromatic carbocycles. The van der Waals surface area contributed by atoms with Crippen molar-refractivity contribution in [1.29, 1.82) is 0 Å². The van der Waals surface area contributed by atoms with E-state index in [2.05, 4.69) is 21.9 Å². The number of benzene rings is 2. The second-order valence-electron chi connectivity index (χ2n) is 9.89. The maximum Gasteiger partial charge on any atom is 0.413 e. The predicted molar refractivity (Wildman–Crippen MR) is 159 cm³/mol. The van der Waals surface area contributed by atoms with E-state index in [0.717, 1.165) is 74.2 Å². The first kappa shape index (κ1) is 32.7. The molecule has 0 aliphatic carbocycles. The number of nitrogens with zero attached hydrogens (tertiary/aromatic N) is 4. The number of hydrogen-bond donors (Lipinski definition) is 0. The number of hydrogen-bond acceptors (Lipinski definition) is 6. The molecule has 2 rings (SSSR count). The van der Waals surface area contributed by atoms with Crippen molar-refractivity contribution in [2.75, 3.05) is 19.8 Å². The quantitative estimate of drug-likeness (QED) is 0.0452. The molecule has 0 aliphatic rings. The van der Waals surface area contributed by atoms with Gasteiger partial charge in [0, 0.05) is 0 Å². The fourth-order valence-corrected chi connectivity index (χ4v) is 4.12. The highest BCUT2D eigenvalue weighted by atomic mass is 16.5. The number of carbonyl (C=O) groups excluding carboxylic acids is 1. The van der Waals surface area contributed by atoms with E-state index >= 15 is 0 Å². The molecule has 0 unspecified atom stereocenters. The lowest BCUT2D eigenvalue weighted by molar-refractivity contribution is -0.139. The minimum atomic E-state index is -0.604. The summed E-state index contributed by atoms with van der Waals surface area (Å²) in [5, 5.41) is 8.65. The Labute approximate surface area is 239 Å². The summed E-state index contributed by atoms with van der Waals surface area (Å²) in [5.74, 6) is 1.11. The van der Waals surface area contributed by atoms with Crippen LogP contribution in [0.3, 0.4) is 0 Å². The molecule has 218 valence electrons. The van der Waals surface area contributed by atoms with Crippen molar-refractivity contribution in [3.63, 3.8) is 0 Å². The summed E-state index contributed by atoms with van der Waals surface area (Å²) < 4.78 is 16.6. The van der Waals surface area contributed by atoms with Crippen LogP contribution in [0.5, 0.6) is 11.5 Å². The summed E-state index contributed by atoms with van der Waals surface area (Å²) in [6.45, 7) is 4.07. The van der Waals surface area contributed by atoms with Crippen molar-refractivity contribution in [3.05, 3.63) is 54.1 Å². The predicted octanol–water partition coefficient (Wildman–Crippen LogP) is 9.18. The molecular weight excluding hydrogens is 504 g/mol. The van der Waals surface area contributed by atoms with Gasteiger partial charge in [-0.2, -0.15) is 15.0 Å². The summed E-state index contributed by atoms with van der Waals surface area (Å²) >= 11 is 0. The first-order chi connectivity index (χ1) is 19.7. The largest absolute Gasteiger partial charge is 0.494 e. The minimum Gasteiger partial charge on any atom is -0.494 e. The number of rotatable bonds is 23. The van der Waals surface area contributed by atoms with E-state index in [0.29, 0.717) is 13.2 Å². The third kappa shape index (κ3) is 16.5. The molecule has 0 radical (unpaired) electrons.